The molecule has 0 saturated carbocycles. The molecular formula is C14H16N4O3. The van der Waals surface area contributed by atoms with Crippen LogP contribution in [0.3, 0.4) is 0 Å². The highest BCUT2D eigenvalue weighted by molar-refractivity contribution is 5.91. The molecule has 1 fully saturated rings. The number of nitrogens with zero attached hydrogens (tertiary/aromatic N) is 2. The fourth-order valence-electron chi connectivity index (χ4n) is 2.18. The lowest BCUT2D eigenvalue weighted by Crippen LogP contribution is -2.43. The predicted molar refractivity (Wildman–Crippen MR) is 75.6 cm³/mol. The number of nitrogens with one attached hydrogen (secondary N) is 2. The number of hydrogen-bond acceptors (Lipinski definition) is 6. The van der Waals surface area contributed by atoms with Gasteiger partial charge >= 0.3 is 0 Å². The minimum absolute atomic E-state index is 0.0384. The zero-order valence-corrected chi connectivity index (χ0v) is 11.4. The first kappa shape index (κ1) is 13.7. The maximum atomic E-state index is 11.9. The second-order valence-electron chi connectivity index (χ2n) is 4.80. The Morgan fingerprint density at radius 1 is 1.38 bits per heavy atom. The summed E-state index contributed by atoms with van der Waals surface area (Å²) < 4.78 is 10.4. The highest BCUT2D eigenvalue weighted by Gasteiger charge is 2.16. The van der Waals surface area contributed by atoms with Gasteiger partial charge in [-0.2, -0.15) is 0 Å². The SMILES string of the molecule is O=C(CC1COCCN1)Nc1ccc(-c2nnco2)cc1. The molecular weight excluding hydrogens is 272 g/mol. The van der Waals surface area contributed by atoms with Gasteiger partial charge in [0.1, 0.15) is 0 Å². The molecule has 0 spiro atoms. The van der Waals surface area contributed by atoms with E-state index < -0.39 is 0 Å². The Labute approximate surface area is 121 Å². The maximum Gasteiger partial charge on any atom is 0.247 e. The number of carbonyl (C=O) groups is 1. The van der Waals surface area contributed by atoms with E-state index >= 15 is 0 Å². The van der Waals surface area contributed by atoms with E-state index in [-0.39, 0.29) is 11.9 Å². The number of morpholine rings is 1. The normalized spacial score (nSPS) is 18.4. The molecule has 1 amide bonds. The molecule has 1 aromatic carbocycles. The molecule has 7 nitrogen and oxygen atoms in total. The van der Waals surface area contributed by atoms with Gasteiger partial charge in [-0.25, -0.2) is 0 Å². The van der Waals surface area contributed by atoms with E-state index in [1.807, 2.05) is 24.3 Å². The minimum atomic E-state index is -0.0384. The number of aromatic nitrogens is 2. The van der Waals surface area contributed by atoms with Gasteiger partial charge in [-0.15, -0.1) is 10.2 Å². The molecule has 7 heteroatoms. The predicted octanol–water partition coefficient (Wildman–Crippen LogP) is 1.05. The summed E-state index contributed by atoms with van der Waals surface area (Å²) in [5.74, 6) is 0.417. The van der Waals surface area contributed by atoms with Crippen LogP contribution in [-0.2, 0) is 9.53 Å². The lowest BCUT2D eigenvalue weighted by Gasteiger charge is -2.23. The molecule has 0 bridgehead atoms. The molecule has 1 atom stereocenters. The highest BCUT2D eigenvalue weighted by atomic mass is 16.5. The molecule has 1 unspecified atom stereocenters. The van der Waals surface area contributed by atoms with Crippen LogP contribution in [0.1, 0.15) is 6.42 Å². The first-order chi connectivity index (χ1) is 10.3. The second kappa shape index (κ2) is 6.47. The van der Waals surface area contributed by atoms with Crippen LogP contribution in [-0.4, -0.2) is 41.9 Å². The third kappa shape index (κ3) is 3.65. The van der Waals surface area contributed by atoms with Crippen LogP contribution in [0.15, 0.2) is 35.1 Å². The zero-order chi connectivity index (χ0) is 14.5. The van der Waals surface area contributed by atoms with Crippen molar-refractivity contribution < 1.29 is 13.9 Å². The molecule has 1 aromatic heterocycles. The average molecular weight is 288 g/mol. The highest BCUT2D eigenvalue weighted by Crippen LogP contribution is 2.19. The molecule has 1 aliphatic rings. The van der Waals surface area contributed by atoms with E-state index in [9.17, 15) is 4.79 Å². The van der Waals surface area contributed by atoms with Crippen LogP contribution in [0.25, 0.3) is 11.5 Å². The summed E-state index contributed by atoms with van der Waals surface area (Å²) in [4.78, 5) is 11.9. The zero-order valence-electron chi connectivity index (χ0n) is 11.4. The van der Waals surface area contributed by atoms with Crippen LogP contribution in [0.5, 0.6) is 0 Å². The van der Waals surface area contributed by atoms with Gasteiger partial charge < -0.3 is 19.8 Å². The molecule has 3 rings (SSSR count). The van der Waals surface area contributed by atoms with Gasteiger partial charge in [-0.05, 0) is 24.3 Å². The molecule has 21 heavy (non-hydrogen) atoms. The van der Waals surface area contributed by atoms with Crippen molar-refractivity contribution in [1.82, 2.24) is 15.5 Å². The molecule has 0 aliphatic carbocycles. The molecule has 0 radical (unpaired) electrons. The molecule has 2 heterocycles. The summed E-state index contributed by atoms with van der Waals surface area (Å²) in [6.45, 7) is 2.07. The van der Waals surface area contributed by atoms with E-state index in [4.69, 9.17) is 9.15 Å². The van der Waals surface area contributed by atoms with Crippen molar-refractivity contribution in [2.45, 2.75) is 12.5 Å². The number of rotatable bonds is 4. The first-order valence-corrected chi connectivity index (χ1v) is 6.79. The van der Waals surface area contributed by atoms with Gasteiger partial charge in [-0.3, -0.25) is 4.79 Å². The van der Waals surface area contributed by atoms with Crippen molar-refractivity contribution >= 4 is 11.6 Å². The summed E-state index contributed by atoms with van der Waals surface area (Å²) in [6, 6.07) is 7.34. The molecule has 1 saturated heterocycles. The van der Waals surface area contributed by atoms with E-state index in [0.717, 1.165) is 17.8 Å². The fourth-order valence-corrected chi connectivity index (χ4v) is 2.18. The summed E-state index contributed by atoms with van der Waals surface area (Å²) >= 11 is 0. The van der Waals surface area contributed by atoms with Gasteiger partial charge in [0, 0.05) is 30.3 Å². The standard InChI is InChI=1S/C14H16N4O3/c19-13(7-12-8-20-6-5-15-12)17-11-3-1-10(2-4-11)14-18-16-9-21-14/h1-4,9,12,15H,5-8H2,(H,17,19). The first-order valence-electron chi connectivity index (χ1n) is 6.79. The molecule has 2 N–H and O–H groups in total. The Hall–Kier alpha value is -2.25. The number of carbonyl (C=O) groups excluding carboxylic acids is 1. The maximum absolute atomic E-state index is 11.9. The summed E-state index contributed by atoms with van der Waals surface area (Å²) in [5.41, 5.74) is 1.55. The van der Waals surface area contributed by atoms with Gasteiger partial charge in [0.05, 0.1) is 13.2 Å². The van der Waals surface area contributed by atoms with Crippen LogP contribution < -0.4 is 10.6 Å². The largest absolute Gasteiger partial charge is 0.423 e. The van der Waals surface area contributed by atoms with Gasteiger partial charge in [-0.1, -0.05) is 0 Å². The van der Waals surface area contributed by atoms with Crippen molar-refractivity contribution in [2.75, 3.05) is 25.1 Å². The smallest absolute Gasteiger partial charge is 0.247 e. The lowest BCUT2D eigenvalue weighted by atomic mass is 10.1. The van der Waals surface area contributed by atoms with Crippen molar-refractivity contribution in [2.24, 2.45) is 0 Å². The van der Waals surface area contributed by atoms with Crippen molar-refractivity contribution in [3.8, 4) is 11.5 Å². The Morgan fingerprint density at radius 3 is 2.90 bits per heavy atom. The monoisotopic (exact) mass is 288 g/mol. The van der Waals surface area contributed by atoms with Crippen molar-refractivity contribution in [3.63, 3.8) is 0 Å². The Bertz CT molecular complexity index is 577. The van der Waals surface area contributed by atoms with Crippen LogP contribution >= 0.6 is 0 Å². The van der Waals surface area contributed by atoms with Crippen LogP contribution in [0, 0.1) is 0 Å². The molecule has 110 valence electrons. The van der Waals surface area contributed by atoms with E-state index in [1.54, 1.807) is 0 Å². The quantitative estimate of drug-likeness (QED) is 0.874. The Balaban J connectivity index is 1.56. The summed E-state index contributed by atoms with van der Waals surface area (Å²) in [7, 11) is 0. The third-order valence-corrected chi connectivity index (χ3v) is 3.21. The summed E-state index contributed by atoms with van der Waals surface area (Å²) in [5, 5.41) is 13.6. The number of anilines is 1. The third-order valence-electron chi connectivity index (χ3n) is 3.21. The van der Waals surface area contributed by atoms with E-state index in [1.165, 1.54) is 6.39 Å². The number of ether oxygens (including phenoxy) is 1. The van der Waals surface area contributed by atoms with E-state index in [0.29, 0.717) is 25.5 Å². The Morgan fingerprint density at radius 2 is 2.24 bits per heavy atom. The number of benzene rings is 1. The van der Waals surface area contributed by atoms with Crippen LogP contribution in [0.2, 0.25) is 0 Å². The van der Waals surface area contributed by atoms with Crippen LogP contribution in [0.4, 0.5) is 5.69 Å². The Kier molecular flexibility index (Phi) is 4.23. The topological polar surface area (TPSA) is 89.3 Å². The lowest BCUT2D eigenvalue weighted by molar-refractivity contribution is -0.117. The van der Waals surface area contributed by atoms with E-state index in [2.05, 4.69) is 20.8 Å². The van der Waals surface area contributed by atoms with Crippen molar-refractivity contribution in [1.29, 1.82) is 0 Å². The average Bonchev–Trinajstić information content (AvgIpc) is 3.03. The van der Waals surface area contributed by atoms with Gasteiger partial charge in [0.2, 0.25) is 18.2 Å². The van der Waals surface area contributed by atoms with Crippen molar-refractivity contribution in [3.05, 3.63) is 30.7 Å². The van der Waals surface area contributed by atoms with Gasteiger partial charge in [0.15, 0.2) is 0 Å². The number of amides is 1. The molecule has 2 aromatic rings. The minimum Gasteiger partial charge on any atom is -0.423 e. The summed E-state index contributed by atoms with van der Waals surface area (Å²) in [6.07, 6.45) is 1.68. The molecule has 1 aliphatic heterocycles. The fraction of sp³-hybridized carbons (Fsp3) is 0.357. The number of hydrogen-bond donors (Lipinski definition) is 2. The van der Waals surface area contributed by atoms with Gasteiger partial charge in [0.25, 0.3) is 0 Å². The second-order valence-corrected chi connectivity index (χ2v) is 4.80.